The van der Waals surface area contributed by atoms with Crippen molar-refractivity contribution in [3.8, 4) is 33.8 Å². The van der Waals surface area contributed by atoms with Gasteiger partial charge in [0.05, 0.1) is 64.7 Å². The van der Waals surface area contributed by atoms with Crippen LogP contribution in [0.3, 0.4) is 0 Å². The number of H-pyrrole nitrogens is 3. The van der Waals surface area contributed by atoms with E-state index in [2.05, 4.69) is 107 Å². The predicted octanol–water partition coefficient (Wildman–Crippen LogP) is 12.0. The molecule has 24 nitrogen and oxygen atoms in total. The maximum absolute atomic E-state index is 12.5. The smallest absolute Gasteiger partial charge is 0.263 e. The Kier molecular flexibility index (Phi) is 20.6. The van der Waals surface area contributed by atoms with Crippen molar-refractivity contribution in [1.29, 1.82) is 0 Å². The number of fused-ring (bicyclic) bond motifs is 6. The summed E-state index contributed by atoms with van der Waals surface area (Å²) in [5.74, 6) is 1.86. The molecule has 0 saturated carbocycles. The highest BCUT2D eigenvalue weighted by Gasteiger charge is 2.22. The van der Waals surface area contributed by atoms with E-state index < -0.39 is 0 Å². The number of aromatic nitrogens is 15. The zero-order valence-electron chi connectivity index (χ0n) is 52.6. The normalized spacial score (nSPS) is 11.8. The Morgan fingerprint density at radius 2 is 0.750 bits per heavy atom. The summed E-state index contributed by atoms with van der Waals surface area (Å²) in [6.45, 7) is 9.50. The lowest BCUT2D eigenvalue weighted by Gasteiger charge is -2.20. The largest absolute Gasteiger partial charge is 0.412 e. The van der Waals surface area contributed by atoms with Crippen LogP contribution in [0.4, 0.5) is 17.6 Å². The van der Waals surface area contributed by atoms with Crippen molar-refractivity contribution in [3.05, 3.63) is 266 Å². The van der Waals surface area contributed by atoms with Crippen LogP contribution in [0.15, 0.2) is 215 Å². The molecule has 0 radical (unpaired) electrons. The number of nitrogen functional groups attached to an aromatic ring is 1. The Bertz CT molecular complexity index is 5230. The molecular formula is C71H65ClN20O4. The molecule has 0 aliphatic heterocycles. The second kappa shape index (κ2) is 29.6. The van der Waals surface area contributed by atoms with Crippen LogP contribution in [0, 0.1) is 13.8 Å². The number of pyridine rings is 3. The first kappa shape index (κ1) is 66.7. The maximum atomic E-state index is 12.5. The summed E-state index contributed by atoms with van der Waals surface area (Å²) in [5.41, 5.74) is 23.7. The third kappa shape index (κ3) is 14.7. The summed E-state index contributed by atoms with van der Waals surface area (Å²) in [4.78, 5) is 95.5. The predicted molar refractivity (Wildman–Crippen MR) is 380 cm³/mol. The molecule has 15 rings (SSSR count). The summed E-state index contributed by atoms with van der Waals surface area (Å²) in [7, 11) is 0. The topological polar surface area (TPSA) is 396 Å². The van der Waals surface area contributed by atoms with E-state index in [1.807, 2.05) is 166 Å². The fourth-order valence-electron chi connectivity index (χ4n) is 10.8. The van der Waals surface area contributed by atoms with Gasteiger partial charge in [0.1, 0.15) is 44.6 Å². The molecule has 3 atom stereocenters. The molecule has 0 amide bonds. The number of halogens is 1. The van der Waals surface area contributed by atoms with Gasteiger partial charge in [-0.25, -0.2) is 49.8 Å². The zero-order valence-corrected chi connectivity index (χ0v) is 53.4. The van der Waals surface area contributed by atoms with Crippen molar-refractivity contribution in [3.63, 3.8) is 0 Å². The van der Waals surface area contributed by atoms with Gasteiger partial charge >= 0.3 is 0 Å². The van der Waals surface area contributed by atoms with Crippen LogP contribution in [0.25, 0.3) is 99.6 Å². The lowest BCUT2D eigenvalue weighted by molar-refractivity contribution is 0.817. The van der Waals surface area contributed by atoms with Gasteiger partial charge in [-0.3, -0.25) is 14.4 Å². The number of aromatic amines is 3. The van der Waals surface area contributed by atoms with Crippen molar-refractivity contribution in [2.75, 3.05) is 16.4 Å². The van der Waals surface area contributed by atoms with Crippen LogP contribution >= 0.6 is 11.6 Å². The number of para-hydroxylation sites is 3. The molecular weight excluding hydrogens is 1230 g/mol. The minimum absolute atomic E-state index is 0. The highest BCUT2D eigenvalue weighted by molar-refractivity contribution is 6.33. The minimum Gasteiger partial charge on any atom is -0.412 e. The minimum atomic E-state index is -0.334. The van der Waals surface area contributed by atoms with Crippen LogP contribution < -0.4 is 44.9 Å². The number of anilines is 3. The molecule has 0 bridgehead atoms. The molecule has 6 aromatic carbocycles. The van der Waals surface area contributed by atoms with Gasteiger partial charge in [-0.1, -0.05) is 157 Å². The summed E-state index contributed by atoms with van der Waals surface area (Å²) in [5, 5.41) is 10.9. The first-order valence-electron chi connectivity index (χ1n) is 29.9. The SMILES string of the molecule is C[C@H](N)c1cc2ccccc2nc1-c1ccccc1.C[C@H](Nc1nc(N)nc2nc[nH]c(=O)c12)c1cc2ccccc2nc1-c1ccccc1.Cc1nc(Cl)c2c(=O)[nH]cnc2n1.Cc1nc(N[C@@H](C)c2cc3ccccc3nc2-c2ccccc2)c2c(=O)[nH]cnc2n1.N.O. The highest BCUT2D eigenvalue weighted by Crippen LogP contribution is 2.35. The molecule has 0 saturated heterocycles. The maximum Gasteiger partial charge on any atom is 0.263 e. The monoisotopic (exact) mass is 1300 g/mol. The summed E-state index contributed by atoms with van der Waals surface area (Å²) in [6, 6.07) is 60.4. The molecule has 0 fully saturated rings. The number of benzene rings is 6. The van der Waals surface area contributed by atoms with E-state index in [1.165, 1.54) is 19.0 Å². The number of hydrogen-bond donors (Lipinski definition) is 8. The van der Waals surface area contributed by atoms with Gasteiger partial charge in [0, 0.05) is 50.0 Å². The van der Waals surface area contributed by atoms with Crippen LogP contribution in [0.1, 0.15) is 67.2 Å². The molecule has 0 aliphatic carbocycles. The van der Waals surface area contributed by atoms with Crippen LogP contribution in [-0.4, -0.2) is 80.2 Å². The molecule has 25 heteroatoms. The fourth-order valence-corrected chi connectivity index (χ4v) is 11.1. The lowest BCUT2D eigenvalue weighted by Crippen LogP contribution is -2.16. The quantitative estimate of drug-likeness (QED) is 0.0590. The van der Waals surface area contributed by atoms with E-state index in [4.69, 9.17) is 38.0 Å². The van der Waals surface area contributed by atoms with E-state index in [1.54, 1.807) is 13.8 Å². The Hall–Kier alpha value is -12.2. The number of nitrogens with one attached hydrogen (secondary N) is 5. The highest BCUT2D eigenvalue weighted by atomic mass is 35.5. The van der Waals surface area contributed by atoms with E-state index in [-0.39, 0.29) is 74.0 Å². The van der Waals surface area contributed by atoms with Crippen molar-refractivity contribution in [2.45, 2.75) is 52.7 Å². The van der Waals surface area contributed by atoms with Crippen molar-refractivity contribution in [2.24, 2.45) is 5.73 Å². The fraction of sp³-hybridized carbons (Fsp3) is 0.113. The molecule has 15 aromatic rings. The molecule has 0 spiro atoms. The lowest BCUT2D eigenvalue weighted by atomic mass is 9.98. The number of hydrogen-bond acceptors (Lipinski definition) is 20. The van der Waals surface area contributed by atoms with Gasteiger partial charge in [0.2, 0.25) is 5.95 Å². The van der Waals surface area contributed by atoms with E-state index in [0.717, 1.165) is 83.2 Å². The van der Waals surface area contributed by atoms with E-state index >= 15 is 0 Å². The van der Waals surface area contributed by atoms with Crippen LogP contribution in [0.5, 0.6) is 0 Å². The van der Waals surface area contributed by atoms with E-state index in [0.29, 0.717) is 40.0 Å². The third-order valence-corrected chi connectivity index (χ3v) is 15.5. The van der Waals surface area contributed by atoms with Crippen LogP contribution in [-0.2, 0) is 0 Å². The van der Waals surface area contributed by atoms with Gasteiger partial charge in [-0.05, 0) is 76.6 Å². The summed E-state index contributed by atoms with van der Waals surface area (Å²) < 4.78 is 0. The molecule has 9 heterocycles. The second-order valence-electron chi connectivity index (χ2n) is 21.9. The van der Waals surface area contributed by atoms with Gasteiger partial charge in [-0.2, -0.15) is 9.97 Å². The van der Waals surface area contributed by atoms with Crippen LogP contribution in [0.2, 0.25) is 5.15 Å². The number of aryl methyl sites for hydroxylation is 2. The molecule has 480 valence electrons. The van der Waals surface area contributed by atoms with Crippen molar-refractivity contribution in [1.82, 2.24) is 80.9 Å². The Balaban J connectivity index is 0.000000145. The second-order valence-corrected chi connectivity index (χ2v) is 22.2. The molecule has 96 heavy (non-hydrogen) atoms. The number of nitrogens with zero attached hydrogens (tertiary/aromatic N) is 12. The molecule has 0 aliphatic rings. The van der Waals surface area contributed by atoms with Gasteiger partial charge < -0.3 is 48.7 Å². The average Bonchev–Trinajstić information content (AvgIpc) is 0.788. The van der Waals surface area contributed by atoms with E-state index in [9.17, 15) is 14.4 Å². The zero-order chi connectivity index (χ0) is 65.4. The standard InChI is InChI=1S/C24H20N6O.C23H19N7O.C17H16N2.C7H5ClN4O.H3N.H2O/c1-14(27-23-20-22(28-15(2)29-23)25-13-26-24(20)31)18-12-17-10-6-7-11-19(17)30-21(18)16-8-4-3-5-9-16;1-13(27-21-18-20(29-23(24)30-21)25-12-26-22(18)31)16-11-15-9-5-6-10-17(15)28-19(16)14-7-3-2-4-8-14;1-12(18)15-11-14-9-5-6-10-16(14)19-17(15)13-7-3-2-4-8-13;1-3-11-5(8)4-6(12-3)9-2-10-7(4)13;;/h3-14H,1-2H3,(H2,25,26,27,28,29,31);2-13H,1H3,(H4,24,25,26,27,29,30,31);2-12H,18H2,1H3;2H,1H3,(H,9,10,11,12,13);1H3;1H2/t14-;13-;12-;;;/m000.../s1. The first-order valence-corrected chi connectivity index (χ1v) is 30.3. The summed E-state index contributed by atoms with van der Waals surface area (Å²) in [6.07, 6.45) is 3.93. The van der Waals surface area contributed by atoms with Gasteiger partial charge in [-0.15, -0.1) is 0 Å². The Labute approximate surface area is 552 Å². The van der Waals surface area contributed by atoms with Crippen molar-refractivity contribution < 1.29 is 5.48 Å². The molecule has 0 unspecified atom stereocenters. The van der Waals surface area contributed by atoms with Gasteiger partial charge in [0.15, 0.2) is 16.9 Å². The molecule has 9 aromatic heterocycles. The number of rotatable bonds is 10. The number of nitrogens with two attached hydrogens (primary N) is 2. The first-order chi connectivity index (χ1) is 45.6. The molecule has 14 N–H and O–H groups in total. The van der Waals surface area contributed by atoms with Gasteiger partial charge in [0.25, 0.3) is 16.7 Å². The average molecular weight is 1300 g/mol. The summed E-state index contributed by atoms with van der Waals surface area (Å²) >= 11 is 5.76. The third-order valence-electron chi connectivity index (χ3n) is 15.2. The Morgan fingerprint density at radius 3 is 1.17 bits per heavy atom. The van der Waals surface area contributed by atoms with Crippen molar-refractivity contribution >= 4 is 95.0 Å². The Morgan fingerprint density at radius 1 is 0.417 bits per heavy atom.